The first-order valence-electron chi connectivity index (χ1n) is 6.53. The zero-order valence-electron chi connectivity index (χ0n) is 11.2. The molecular weight excluding hydrogens is 258 g/mol. The lowest BCUT2D eigenvalue weighted by Crippen LogP contribution is -2.32. The Morgan fingerprint density at radius 2 is 2.25 bits per heavy atom. The molecule has 2 heterocycles. The van der Waals surface area contributed by atoms with E-state index in [1.54, 1.807) is 10.7 Å². The van der Waals surface area contributed by atoms with Crippen LogP contribution in [0.3, 0.4) is 0 Å². The minimum Gasteiger partial charge on any atom is -0.481 e. The van der Waals surface area contributed by atoms with Crippen LogP contribution in [0.15, 0.2) is 30.6 Å². The molecule has 20 heavy (non-hydrogen) atoms. The smallest absolute Gasteiger partial charge is 0.303 e. The molecule has 0 aliphatic heterocycles. The molecule has 0 saturated carbocycles. The summed E-state index contributed by atoms with van der Waals surface area (Å²) < 4.78 is 1.64. The number of carboxylic acids is 1. The summed E-state index contributed by atoms with van der Waals surface area (Å²) in [6.07, 6.45) is 4.62. The number of aliphatic carboxylic acids is 1. The van der Waals surface area contributed by atoms with Gasteiger partial charge in [0.2, 0.25) is 0 Å². The molecule has 0 bridgehead atoms. The van der Waals surface area contributed by atoms with Crippen molar-refractivity contribution in [1.82, 2.24) is 14.9 Å². The summed E-state index contributed by atoms with van der Waals surface area (Å²) in [5.41, 5.74) is 1.28. The molecular formula is C14H17N3O3. The Morgan fingerprint density at radius 1 is 1.45 bits per heavy atom. The summed E-state index contributed by atoms with van der Waals surface area (Å²) in [6, 6.07) is 5.46. The number of pyridine rings is 1. The summed E-state index contributed by atoms with van der Waals surface area (Å²) in [5.74, 6) is -1.000. The first-order valence-corrected chi connectivity index (χ1v) is 6.53. The van der Waals surface area contributed by atoms with Crippen LogP contribution in [-0.2, 0) is 4.79 Å². The molecule has 0 fully saturated rings. The summed E-state index contributed by atoms with van der Waals surface area (Å²) in [5, 5.41) is 15.6. The molecule has 0 spiro atoms. The van der Waals surface area contributed by atoms with E-state index >= 15 is 0 Å². The molecule has 0 aromatic carbocycles. The predicted molar refractivity (Wildman–Crippen MR) is 73.6 cm³/mol. The van der Waals surface area contributed by atoms with Crippen molar-refractivity contribution in [2.24, 2.45) is 0 Å². The molecule has 0 saturated heterocycles. The van der Waals surface area contributed by atoms with Crippen LogP contribution >= 0.6 is 0 Å². The van der Waals surface area contributed by atoms with Gasteiger partial charge in [0.25, 0.3) is 5.91 Å². The third-order valence-electron chi connectivity index (χ3n) is 3.08. The Bertz CT molecular complexity index is 621. The van der Waals surface area contributed by atoms with Gasteiger partial charge in [0.05, 0.1) is 17.3 Å². The van der Waals surface area contributed by atoms with E-state index in [2.05, 4.69) is 10.4 Å². The molecule has 2 aromatic heterocycles. The standard InChI is InChI=1S/C14H17N3O3/c1-10(5-4-7-13(18)19)16-14(20)11-9-15-17-8-3-2-6-12(11)17/h2-3,6,8-10H,4-5,7H2,1H3,(H,16,20)(H,18,19). The fourth-order valence-corrected chi connectivity index (χ4v) is 2.04. The highest BCUT2D eigenvalue weighted by Gasteiger charge is 2.14. The number of amides is 1. The third kappa shape index (κ3) is 3.34. The Kier molecular flexibility index (Phi) is 4.34. The molecule has 106 valence electrons. The third-order valence-corrected chi connectivity index (χ3v) is 3.08. The number of aromatic nitrogens is 2. The van der Waals surface area contributed by atoms with Crippen LogP contribution in [0.5, 0.6) is 0 Å². The molecule has 0 radical (unpaired) electrons. The van der Waals surface area contributed by atoms with Crippen LogP contribution in [0.25, 0.3) is 5.52 Å². The van der Waals surface area contributed by atoms with Crippen LogP contribution in [0.4, 0.5) is 0 Å². The highest BCUT2D eigenvalue weighted by atomic mass is 16.4. The fraction of sp³-hybridized carbons (Fsp3) is 0.357. The van der Waals surface area contributed by atoms with Crippen molar-refractivity contribution in [1.29, 1.82) is 0 Å². The Morgan fingerprint density at radius 3 is 3.00 bits per heavy atom. The van der Waals surface area contributed by atoms with E-state index in [4.69, 9.17) is 5.11 Å². The average molecular weight is 275 g/mol. The molecule has 6 heteroatoms. The van der Waals surface area contributed by atoms with Crippen molar-refractivity contribution in [2.75, 3.05) is 0 Å². The van der Waals surface area contributed by atoms with E-state index in [1.807, 2.05) is 25.1 Å². The Labute approximate surface area is 116 Å². The summed E-state index contributed by atoms with van der Waals surface area (Å²) in [6.45, 7) is 1.87. The lowest BCUT2D eigenvalue weighted by molar-refractivity contribution is -0.137. The van der Waals surface area contributed by atoms with Gasteiger partial charge in [-0.25, -0.2) is 4.52 Å². The van der Waals surface area contributed by atoms with Crippen LogP contribution in [0.1, 0.15) is 36.5 Å². The molecule has 1 unspecified atom stereocenters. The van der Waals surface area contributed by atoms with Crippen LogP contribution in [0.2, 0.25) is 0 Å². The number of nitrogens with one attached hydrogen (secondary N) is 1. The minimum absolute atomic E-state index is 0.0690. The molecule has 1 atom stereocenters. The van der Waals surface area contributed by atoms with Gasteiger partial charge in [-0.15, -0.1) is 0 Å². The second kappa shape index (κ2) is 6.18. The van der Waals surface area contributed by atoms with Crippen molar-refractivity contribution in [3.63, 3.8) is 0 Å². The second-order valence-electron chi connectivity index (χ2n) is 4.75. The van der Waals surface area contributed by atoms with E-state index in [9.17, 15) is 9.59 Å². The van der Waals surface area contributed by atoms with Crippen LogP contribution in [0, 0.1) is 0 Å². The highest BCUT2D eigenvalue weighted by Crippen LogP contribution is 2.10. The monoisotopic (exact) mass is 275 g/mol. The molecule has 0 aliphatic rings. The van der Waals surface area contributed by atoms with Gasteiger partial charge >= 0.3 is 5.97 Å². The van der Waals surface area contributed by atoms with E-state index in [0.717, 1.165) is 5.52 Å². The topological polar surface area (TPSA) is 83.7 Å². The van der Waals surface area contributed by atoms with E-state index in [1.165, 1.54) is 6.20 Å². The van der Waals surface area contributed by atoms with Crippen LogP contribution in [-0.4, -0.2) is 32.6 Å². The van der Waals surface area contributed by atoms with E-state index in [0.29, 0.717) is 18.4 Å². The maximum atomic E-state index is 12.1. The molecule has 0 aliphatic carbocycles. The van der Waals surface area contributed by atoms with Gasteiger partial charge in [0.15, 0.2) is 0 Å². The Balaban J connectivity index is 1.96. The van der Waals surface area contributed by atoms with Crippen molar-refractivity contribution >= 4 is 17.4 Å². The fourth-order valence-electron chi connectivity index (χ4n) is 2.04. The van der Waals surface area contributed by atoms with Crippen molar-refractivity contribution in [2.45, 2.75) is 32.2 Å². The van der Waals surface area contributed by atoms with E-state index in [-0.39, 0.29) is 18.4 Å². The SMILES string of the molecule is CC(CCCC(=O)O)NC(=O)c1cnn2ccccc12. The Hall–Kier alpha value is -2.37. The molecule has 2 N–H and O–H groups in total. The maximum Gasteiger partial charge on any atom is 0.303 e. The second-order valence-corrected chi connectivity index (χ2v) is 4.75. The number of carboxylic acid groups (broad SMARTS) is 1. The van der Waals surface area contributed by atoms with Gasteiger partial charge in [-0.1, -0.05) is 6.07 Å². The average Bonchev–Trinajstić information content (AvgIpc) is 2.82. The minimum atomic E-state index is -0.814. The van der Waals surface area contributed by atoms with Gasteiger partial charge in [-0.3, -0.25) is 9.59 Å². The quantitative estimate of drug-likeness (QED) is 0.840. The number of rotatable bonds is 6. The number of carbonyl (C=O) groups is 2. The van der Waals surface area contributed by atoms with Crippen LogP contribution < -0.4 is 5.32 Å². The van der Waals surface area contributed by atoms with Crippen molar-refractivity contribution < 1.29 is 14.7 Å². The van der Waals surface area contributed by atoms with Gasteiger partial charge in [0.1, 0.15) is 0 Å². The molecule has 2 aromatic rings. The highest BCUT2D eigenvalue weighted by molar-refractivity contribution is 6.00. The molecule has 6 nitrogen and oxygen atoms in total. The first kappa shape index (κ1) is 14.0. The van der Waals surface area contributed by atoms with Gasteiger partial charge in [-0.05, 0) is 31.9 Å². The zero-order chi connectivity index (χ0) is 14.5. The predicted octanol–water partition coefficient (Wildman–Crippen LogP) is 1.71. The van der Waals surface area contributed by atoms with E-state index < -0.39 is 5.97 Å². The number of carbonyl (C=O) groups excluding carboxylic acids is 1. The van der Waals surface area contributed by atoms with Gasteiger partial charge in [-0.2, -0.15) is 5.10 Å². The number of fused-ring (bicyclic) bond motifs is 1. The largest absolute Gasteiger partial charge is 0.481 e. The molecule has 1 amide bonds. The first-order chi connectivity index (χ1) is 9.58. The van der Waals surface area contributed by atoms with Crippen molar-refractivity contribution in [3.8, 4) is 0 Å². The lowest BCUT2D eigenvalue weighted by Gasteiger charge is -2.12. The normalized spacial score (nSPS) is 12.2. The maximum absolute atomic E-state index is 12.1. The zero-order valence-corrected chi connectivity index (χ0v) is 11.2. The summed E-state index contributed by atoms with van der Waals surface area (Å²) in [4.78, 5) is 22.6. The summed E-state index contributed by atoms with van der Waals surface area (Å²) >= 11 is 0. The number of nitrogens with zero attached hydrogens (tertiary/aromatic N) is 2. The number of hydrogen-bond acceptors (Lipinski definition) is 3. The number of hydrogen-bond donors (Lipinski definition) is 2. The molecule has 2 rings (SSSR count). The lowest BCUT2D eigenvalue weighted by atomic mass is 10.1. The van der Waals surface area contributed by atoms with Crippen molar-refractivity contribution in [3.05, 3.63) is 36.2 Å². The van der Waals surface area contributed by atoms with Gasteiger partial charge < -0.3 is 10.4 Å². The summed E-state index contributed by atoms with van der Waals surface area (Å²) in [7, 11) is 0. The van der Waals surface area contributed by atoms with Gasteiger partial charge in [0, 0.05) is 18.7 Å².